The topological polar surface area (TPSA) is 90.9 Å². The first-order valence-corrected chi connectivity index (χ1v) is 8.29. The van der Waals surface area contributed by atoms with Gasteiger partial charge in [0.2, 0.25) is 0 Å². The minimum absolute atomic E-state index is 0.0181. The van der Waals surface area contributed by atoms with Crippen molar-refractivity contribution in [2.75, 3.05) is 0 Å². The SMILES string of the molecule is CCC(C)OC(=O)OC(=O)CCC(C)NC(=O)OCc1ccccc1. The molecule has 0 radical (unpaired) electrons. The van der Waals surface area contributed by atoms with Crippen LogP contribution < -0.4 is 5.32 Å². The smallest absolute Gasteiger partial charge is 0.445 e. The maximum absolute atomic E-state index is 11.7. The van der Waals surface area contributed by atoms with Crippen LogP contribution in [-0.2, 0) is 25.6 Å². The summed E-state index contributed by atoms with van der Waals surface area (Å²) in [5.41, 5.74) is 0.883. The molecule has 0 bridgehead atoms. The highest BCUT2D eigenvalue weighted by Crippen LogP contribution is 2.04. The van der Waals surface area contributed by atoms with Gasteiger partial charge in [0.1, 0.15) is 12.7 Å². The predicted octanol–water partition coefficient (Wildman–Crippen LogP) is 3.56. The van der Waals surface area contributed by atoms with Gasteiger partial charge in [-0.05, 0) is 32.3 Å². The average Bonchev–Trinajstić information content (AvgIpc) is 2.58. The standard InChI is InChI=1S/C18H25NO6/c1-4-14(3)24-18(22)25-16(20)11-10-13(2)19-17(21)23-12-15-8-6-5-7-9-15/h5-9,13-14H,4,10-12H2,1-3H3,(H,19,21). The molecule has 2 unspecified atom stereocenters. The van der Waals surface area contributed by atoms with E-state index in [0.717, 1.165) is 5.56 Å². The van der Waals surface area contributed by atoms with Crippen molar-refractivity contribution < 1.29 is 28.6 Å². The van der Waals surface area contributed by atoms with Crippen LogP contribution in [0.15, 0.2) is 30.3 Å². The van der Waals surface area contributed by atoms with Gasteiger partial charge in [0.25, 0.3) is 0 Å². The molecule has 0 spiro atoms. The number of esters is 1. The Hall–Kier alpha value is -2.57. The van der Waals surface area contributed by atoms with Gasteiger partial charge < -0.3 is 19.5 Å². The Bertz CT molecular complexity index is 560. The fraction of sp³-hybridized carbons (Fsp3) is 0.500. The lowest BCUT2D eigenvalue weighted by atomic mass is 10.2. The van der Waals surface area contributed by atoms with E-state index in [1.165, 1.54) is 0 Å². The highest BCUT2D eigenvalue weighted by Gasteiger charge is 2.16. The van der Waals surface area contributed by atoms with E-state index in [9.17, 15) is 14.4 Å². The zero-order valence-electron chi connectivity index (χ0n) is 14.8. The van der Waals surface area contributed by atoms with Gasteiger partial charge in [-0.25, -0.2) is 9.59 Å². The minimum atomic E-state index is -0.998. The molecule has 0 aliphatic carbocycles. The summed E-state index contributed by atoms with van der Waals surface area (Å²) in [6, 6.07) is 9.00. The van der Waals surface area contributed by atoms with Crippen molar-refractivity contribution in [3.8, 4) is 0 Å². The quantitative estimate of drug-likeness (QED) is 0.569. The molecule has 0 aliphatic rings. The lowest BCUT2D eigenvalue weighted by molar-refractivity contribution is -0.140. The third-order valence-corrected chi connectivity index (χ3v) is 3.43. The van der Waals surface area contributed by atoms with E-state index in [-0.39, 0.29) is 25.2 Å². The summed E-state index contributed by atoms with van der Waals surface area (Å²) >= 11 is 0. The summed E-state index contributed by atoms with van der Waals surface area (Å²) in [4.78, 5) is 34.5. The maximum atomic E-state index is 11.7. The molecule has 0 fully saturated rings. The monoisotopic (exact) mass is 351 g/mol. The average molecular weight is 351 g/mol. The molecule has 25 heavy (non-hydrogen) atoms. The molecule has 0 saturated heterocycles. The van der Waals surface area contributed by atoms with E-state index in [2.05, 4.69) is 10.1 Å². The van der Waals surface area contributed by atoms with Gasteiger partial charge >= 0.3 is 18.2 Å². The fourth-order valence-corrected chi connectivity index (χ4v) is 1.79. The number of hydrogen-bond acceptors (Lipinski definition) is 6. The predicted molar refractivity (Wildman–Crippen MR) is 90.8 cm³/mol. The number of alkyl carbamates (subject to hydrolysis) is 1. The second-order valence-corrected chi connectivity index (χ2v) is 5.71. The number of carbonyl (C=O) groups is 3. The number of carbonyl (C=O) groups excluding carboxylic acids is 3. The number of benzene rings is 1. The first kappa shape index (κ1) is 20.5. The van der Waals surface area contributed by atoms with Gasteiger partial charge in [-0.3, -0.25) is 4.79 Å². The van der Waals surface area contributed by atoms with E-state index < -0.39 is 18.2 Å². The lowest BCUT2D eigenvalue weighted by Crippen LogP contribution is -2.33. The third-order valence-electron chi connectivity index (χ3n) is 3.43. The molecule has 138 valence electrons. The van der Waals surface area contributed by atoms with Crippen LogP contribution in [0.1, 0.15) is 45.6 Å². The molecule has 2 atom stereocenters. The largest absolute Gasteiger partial charge is 0.516 e. The fourth-order valence-electron chi connectivity index (χ4n) is 1.79. The minimum Gasteiger partial charge on any atom is -0.445 e. The Labute approximate surface area is 147 Å². The van der Waals surface area contributed by atoms with E-state index in [1.54, 1.807) is 13.8 Å². The summed E-state index contributed by atoms with van der Waals surface area (Å²) in [6.45, 7) is 5.46. The summed E-state index contributed by atoms with van der Waals surface area (Å²) in [5.74, 6) is -0.695. The normalized spacial score (nSPS) is 12.6. The van der Waals surface area contributed by atoms with Crippen molar-refractivity contribution in [1.82, 2.24) is 5.32 Å². The van der Waals surface area contributed by atoms with Gasteiger partial charge in [0.15, 0.2) is 0 Å². The maximum Gasteiger partial charge on any atom is 0.516 e. The van der Waals surface area contributed by atoms with Crippen LogP contribution in [0.3, 0.4) is 0 Å². The molecule has 7 heteroatoms. The van der Waals surface area contributed by atoms with Crippen LogP contribution in [-0.4, -0.2) is 30.4 Å². The van der Waals surface area contributed by atoms with Gasteiger partial charge in [0.05, 0.1) is 0 Å². The van der Waals surface area contributed by atoms with E-state index in [4.69, 9.17) is 9.47 Å². The molecule has 1 amide bonds. The first-order valence-electron chi connectivity index (χ1n) is 8.29. The number of hydrogen-bond donors (Lipinski definition) is 1. The molecule has 1 aromatic rings. The summed E-state index contributed by atoms with van der Waals surface area (Å²) < 4.78 is 14.5. The molecule has 0 aromatic heterocycles. The number of rotatable bonds is 8. The zero-order chi connectivity index (χ0) is 18.7. The molecule has 0 heterocycles. The van der Waals surface area contributed by atoms with Gasteiger partial charge in [-0.1, -0.05) is 37.3 Å². The lowest BCUT2D eigenvalue weighted by Gasteiger charge is -2.14. The summed E-state index contributed by atoms with van der Waals surface area (Å²) in [5, 5.41) is 2.62. The Kier molecular flexibility index (Phi) is 9.06. The highest BCUT2D eigenvalue weighted by molar-refractivity contribution is 5.81. The van der Waals surface area contributed by atoms with Crippen LogP contribution in [0.5, 0.6) is 0 Å². The van der Waals surface area contributed by atoms with Crippen LogP contribution in [0.2, 0.25) is 0 Å². The summed E-state index contributed by atoms with van der Waals surface area (Å²) in [6.07, 6.45) is -0.940. The van der Waals surface area contributed by atoms with E-state index in [0.29, 0.717) is 12.8 Å². The van der Waals surface area contributed by atoms with Gasteiger partial charge in [-0.2, -0.15) is 0 Å². The van der Waals surface area contributed by atoms with Crippen LogP contribution in [0, 0.1) is 0 Å². The molecule has 1 aromatic carbocycles. The number of amides is 1. The van der Waals surface area contributed by atoms with Gasteiger partial charge in [0, 0.05) is 12.5 Å². The van der Waals surface area contributed by atoms with Crippen molar-refractivity contribution >= 4 is 18.2 Å². The van der Waals surface area contributed by atoms with Crippen molar-refractivity contribution in [3.05, 3.63) is 35.9 Å². The number of nitrogens with one attached hydrogen (secondary N) is 1. The van der Waals surface area contributed by atoms with Crippen molar-refractivity contribution in [1.29, 1.82) is 0 Å². The molecule has 0 aliphatic heterocycles. The van der Waals surface area contributed by atoms with Crippen LogP contribution in [0.25, 0.3) is 0 Å². The van der Waals surface area contributed by atoms with Crippen molar-refractivity contribution in [2.45, 2.75) is 58.8 Å². The molecule has 1 N–H and O–H groups in total. The Morgan fingerprint density at radius 2 is 1.80 bits per heavy atom. The Balaban J connectivity index is 2.20. The first-order chi connectivity index (χ1) is 11.9. The van der Waals surface area contributed by atoms with E-state index in [1.807, 2.05) is 37.3 Å². The highest BCUT2D eigenvalue weighted by atomic mass is 16.7. The van der Waals surface area contributed by atoms with E-state index >= 15 is 0 Å². The second-order valence-electron chi connectivity index (χ2n) is 5.71. The van der Waals surface area contributed by atoms with Crippen molar-refractivity contribution in [3.63, 3.8) is 0 Å². The molecular weight excluding hydrogens is 326 g/mol. The third kappa shape index (κ3) is 9.34. The molecular formula is C18H25NO6. The molecule has 7 nitrogen and oxygen atoms in total. The van der Waals surface area contributed by atoms with Crippen LogP contribution >= 0.6 is 0 Å². The van der Waals surface area contributed by atoms with Gasteiger partial charge in [-0.15, -0.1) is 0 Å². The van der Waals surface area contributed by atoms with Crippen molar-refractivity contribution in [2.24, 2.45) is 0 Å². The Morgan fingerprint density at radius 1 is 1.12 bits per heavy atom. The second kappa shape index (κ2) is 11.1. The zero-order valence-corrected chi connectivity index (χ0v) is 14.8. The summed E-state index contributed by atoms with van der Waals surface area (Å²) in [7, 11) is 0. The van der Waals surface area contributed by atoms with Crippen LogP contribution in [0.4, 0.5) is 9.59 Å². The Morgan fingerprint density at radius 3 is 2.44 bits per heavy atom. The molecule has 0 saturated carbocycles. The molecule has 1 rings (SSSR count). The number of ether oxygens (including phenoxy) is 3.